The molecule has 0 heterocycles. The first-order valence-corrected chi connectivity index (χ1v) is 5.50. The van der Waals surface area contributed by atoms with Gasteiger partial charge < -0.3 is 4.74 Å². The number of rotatable bonds is 3. The van der Waals surface area contributed by atoms with Crippen LogP contribution in [0.2, 0.25) is 0 Å². The van der Waals surface area contributed by atoms with Crippen molar-refractivity contribution in [3.63, 3.8) is 0 Å². The molecule has 0 spiro atoms. The van der Waals surface area contributed by atoms with E-state index < -0.39 is 11.9 Å². The number of halogens is 3. The molecule has 0 atom stereocenters. The summed E-state index contributed by atoms with van der Waals surface area (Å²) in [6.07, 6.45) is 0. The van der Waals surface area contributed by atoms with E-state index in [0.29, 0.717) is 10.0 Å². The molecule has 0 amide bonds. The Kier molecular flexibility index (Phi) is 4.02. The zero-order valence-corrected chi connectivity index (χ0v) is 10.5. The van der Waals surface area contributed by atoms with Gasteiger partial charge in [0.2, 0.25) is 0 Å². The first-order valence-electron chi connectivity index (χ1n) is 4.71. The van der Waals surface area contributed by atoms with Crippen LogP contribution < -0.4 is 0 Å². The molecular formula is C11H11BrF2O2. The van der Waals surface area contributed by atoms with Crippen LogP contribution in [0.3, 0.4) is 0 Å². The van der Waals surface area contributed by atoms with Crippen LogP contribution in [-0.4, -0.2) is 12.6 Å². The fourth-order valence-corrected chi connectivity index (χ4v) is 1.63. The van der Waals surface area contributed by atoms with Gasteiger partial charge in [-0.1, -0.05) is 22.0 Å². The fourth-order valence-electron chi connectivity index (χ4n) is 1.26. The van der Waals surface area contributed by atoms with Crippen LogP contribution in [0.4, 0.5) is 8.78 Å². The molecule has 0 radical (unpaired) electrons. The second-order valence-corrected chi connectivity index (χ2v) is 4.17. The summed E-state index contributed by atoms with van der Waals surface area (Å²) in [6.45, 7) is 2.94. The predicted octanol–water partition coefficient (Wildman–Crippen LogP) is 3.41. The molecule has 2 nitrogen and oxygen atoms in total. The van der Waals surface area contributed by atoms with Gasteiger partial charge >= 0.3 is 11.9 Å². The highest BCUT2D eigenvalue weighted by atomic mass is 79.9. The van der Waals surface area contributed by atoms with Crippen LogP contribution in [0.25, 0.3) is 0 Å². The minimum Gasteiger partial charge on any atom is -0.461 e. The SMILES string of the molecule is CCOC(=O)C(F)(F)c1cc(Br)ccc1C. The lowest BCUT2D eigenvalue weighted by molar-refractivity contribution is -0.173. The number of esters is 1. The average Bonchev–Trinajstić information content (AvgIpc) is 2.22. The highest BCUT2D eigenvalue weighted by molar-refractivity contribution is 9.10. The van der Waals surface area contributed by atoms with Gasteiger partial charge in [0, 0.05) is 10.0 Å². The highest BCUT2D eigenvalue weighted by Gasteiger charge is 2.43. The smallest absolute Gasteiger partial charge is 0.381 e. The maximum atomic E-state index is 13.7. The molecule has 16 heavy (non-hydrogen) atoms. The van der Waals surface area contributed by atoms with Crippen molar-refractivity contribution in [1.82, 2.24) is 0 Å². The van der Waals surface area contributed by atoms with Gasteiger partial charge in [-0.25, -0.2) is 4.79 Å². The molecule has 0 fully saturated rings. The number of benzene rings is 1. The topological polar surface area (TPSA) is 26.3 Å². The molecule has 1 rings (SSSR count). The van der Waals surface area contributed by atoms with E-state index >= 15 is 0 Å². The van der Waals surface area contributed by atoms with E-state index in [-0.39, 0.29) is 12.2 Å². The molecule has 0 aliphatic rings. The summed E-state index contributed by atoms with van der Waals surface area (Å²) in [5.41, 5.74) is 0.0154. The largest absolute Gasteiger partial charge is 0.461 e. The molecule has 88 valence electrons. The zero-order valence-electron chi connectivity index (χ0n) is 8.89. The Morgan fingerprint density at radius 2 is 2.12 bits per heavy atom. The lowest BCUT2D eigenvalue weighted by Crippen LogP contribution is -2.29. The molecule has 1 aromatic carbocycles. The van der Waals surface area contributed by atoms with Crippen molar-refractivity contribution in [2.75, 3.05) is 6.61 Å². The lowest BCUT2D eigenvalue weighted by Gasteiger charge is -2.17. The maximum Gasteiger partial charge on any atom is 0.381 e. The van der Waals surface area contributed by atoms with E-state index in [1.807, 2.05) is 0 Å². The van der Waals surface area contributed by atoms with Gasteiger partial charge in [-0.05, 0) is 31.5 Å². The number of carbonyl (C=O) groups is 1. The Morgan fingerprint density at radius 1 is 1.50 bits per heavy atom. The van der Waals surface area contributed by atoms with Crippen LogP contribution in [0.15, 0.2) is 22.7 Å². The summed E-state index contributed by atoms with van der Waals surface area (Å²) in [5.74, 6) is -5.12. The second-order valence-electron chi connectivity index (χ2n) is 3.25. The van der Waals surface area contributed by atoms with Gasteiger partial charge in [0.1, 0.15) is 0 Å². The predicted molar refractivity (Wildman–Crippen MR) is 59.4 cm³/mol. The zero-order chi connectivity index (χ0) is 12.3. The standard InChI is InChI=1S/C11H11BrF2O2/c1-3-16-10(15)11(13,14)9-6-8(12)5-4-7(9)2/h4-6H,3H2,1-2H3. The van der Waals surface area contributed by atoms with Crippen LogP contribution in [-0.2, 0) is 15.5 Å². The summed E-state index contributed by atoms with van der Waals surface area (Å²) < 4.78 is 32.2. The molecule has 5 heteroatoms. The van der Waals surface area contributed by atoms with Crippen molar-refractivity contribution in [3.05, 3.63) is 33.8 Å². The van der Waals surface area contributed by atoms with Crippen molar-refractivity contribution in [1.29, 1.82) is 0 Å². The van der Waals surface area contributed by atoms with E-state index in [1.54, 1.807) is 6.07 Å². The molecular weight excluding hydrogens is 282 g/mol. The maximum absolute atomic E-state index is 13.7. The number of hydrogen-bond acceptors (Lipinski definition) is 2. The normalized spacial score (nSPS) is 11.3. The third-order valence-electron chi connectivity index (χ3n) is 2.07. The summed E-state index contributed by atoms with van der Waals surface area (Å²) in [4.78, 5) is 11.1. The summed E-state index contributed by atoms with van der Waals surface area (Å²) in [7, 11) is 0. The third-order valence-corrected chi connectivity index (χ3v) is 2.56. The monoisotopic (exact) mass is 292 g/mol. The Bertz CT molecular complexity index is 405. The van der Waals surface area contributed by atoms with Gasteiger partial charge in [-0.2, -0.15) is 8.78 Å². The quantitative estimate of drug-likeness (QED) is 0.798. The molecule has 0 unspecified atom stereocenters. The van der Waals surface area contributed by atoms with E-state index in [9.17, 15) is 13.6 Å². The van der Waals surface area contributed by atoms with E-state index in [1.165, 1.54) is 26.0 Å². The van der Waals surface area contributed by atoms with Crippen molar-refractivity contribution < 1.29 is 18.3 Å². The average molecular weight is 293 g/mol. The van der Waals surface area contributed by atoms with E-state index in [0.717, 1.165) is 0 Å². The molecule has 0 N–H and O–H groups in total. The Balaban J connectivity index is 3.15. The molecule has 0 saturated heterocycles. The summed E-state index contributed by atoms with van der Waals surface area (Å²) in [6, 6.07) is 4.39. The minimum atomic E-state index is -3.61. The third kappa shape index (κ3) is 2.58. The van der Waals surface area contributed by atoms with Crippen molar-refractivity contribution >= 4 is 21.9 Å². The first kappa shape index (κ1) is 13.1. The number of aryl methyl sites for hydroxylation is 1. The van der Waals surface area contributed by atoms with Crippen molar-refractivity contribution in [2.24, 2.45) is 0 Å². The van der Waals surface area contributed by atoms with Gasteiger partial charge in [0.15, 0.2) is 0 Å². The van der Waals surface area contributed by atoms with Gasteiger partial charge in [-0.3, -0.25) is 0 Å². The Morgan fingerprint density at radius 3 is 2.69 bits per heavy atom. The van der Waals surface area contributed by atoms with Gasteiger partial charge in [0.25, 0.3) is 0 Å². The Labute approximate surface area is 101 Å². The van der Waals surface area contributed by atoms with Gasteiger partial charge in [0.05, 0.1) is 6.61 Å². The molecule has 1 aromatic rings. The first-order chi connectivity index (χ1) is 7.39. The number of ether oxygens (including phenoxy) is 1. The van der Waals surface area contributed by atoms with Crippen molar-refractivity contribution in [3.8, 4) is 0 Å². The summed E-state index contributed by atoms with van der Waals surface area (Å²) >= 11 is 3.09. The molecule has 0 aliphatic heterocycles. The number of hydrogen-bond donors (Lipinski definition) is 0. The highest BCUT2D eigenvalue weighted by Crippen LogP contribution is 2.33. The lowest BCUT2D eigenvalue weighted by atomic mass is 10.0. The molecule has 0 aromatic heterocycles. The van der Waals surface area contributed by atoms with E-state index in [4.69, 9.17) is 0 Å². The van der Waals surface area contributed by atoms with Crippen LogP contribution in [0.1, 0.15) is 18.1 Å². The molecule has 0 saturated carbocycles. The number of carbonyl (C=O) groups excluding carboxylic acids is 1. The van der Waals surface area contributed by atoms with Crippen molar-refractivity contribution in [2.45, 2.75) is 19.8 Å². The fraction of sp³-hybridized carbons (Fsp3) is 0.364. The van der Waals surface area contributed by atoms with E-state index in [2.05, 4.69) is 20.7 Å². The number of alkyl halides is 2. The van der Waals surface area contributed by atoms with Crippen LogP contribution in [0, 0.1) is 6.92 Å². The van der Waals surface area contributed by atoms with Crippen LogP contribution in [0.5, 0.6) is 0 Å². The summed E-state index contributed by atoms with van der Waals surface area (Å²) in [5, 5.41) is 0. The second kappa shape index (κ2) is 4.91. The van der Waals surface area contributed by atoms with Gasteiger partial charge in [-0.15, -0.1) is 0 Å². The molecule has 0 bridgehead atoms. The molecule has 0 aliphatic carbocycles. The van der Waals surface area contributed by atoms with Crippen LogP contribution >= 0.6 is 15.9 Å². The Hall–Kier alpha value is -0.970. The minimum absolute atomic E-state index is 0.0680.